The van der Waals surface area contributed by atoms with Gasteiger partial charge in [-0.2, -0.15) is 0 Å². The zero-order chi connectivity index (χ0) is 18.1. The highest BCUT2D eigenvalue weighted by Crippen LogP contribution is 2.24. The smallest absolute Gasteiger partial charge is 0.150 e. The largest absolute Gasteiger partial charge is 0.312 e. The van der Waals surface area contributed by atoms with Gasteiger partial charge < -0.3 is 9.88 Å². The van der Waals surface area contributed by atoms with Gasteiger partial charge in [0.2, 0.25) is 0 Å². The number of hydrogen-bond acceptors (Lipinski definition) is 5. The topological polar surface area (TPSA) is 58.9 Å². The van der Waals surface area contributed by atoms with Crippen LogP contribution in [0.15, 0.2) is 36.5 Å². The van der Waals surface area contributed by atoms with Gasteiger partial charge in [-0.05, 0) is 37.1 Å². The van der Waals surface area contributed by atoms with Crippen molar-refractivity contribution in [3.63, 3.8) is 0 Å². The molecule has 0 radical (unpaired) electrons. The maximum absolute atomic E-state index is 4.54. The van der Waals surface area contributed by atoms with E-state index in [2.05, 4.69) is 60.3 Å². The highest BCUT2D eigenvalue weighted by Gasteiger charge is 2.25. The van der Waals surface area contributed by atoms with E-state index >= 15 is 0 Å². The molecule has 2 aromatic heterocycles. The number of hydrogen-bond donors (Lipinski definition) is 1. The van der Waals surface area contributed by atoms with E-state index in [4.69, 9.17) is 0 Å². The Morgan fingerprint density at radius 2 is 2.00 bits per heavy atom. The fraction of sp³-hybridized carbons (Fsp3) is 0.476. The summed E-state index contributed by atoms with van der Waals surface area (Å²) in [5.74, 6) is 2.28. The number of piperidine rings is 1. The summed E-state index contributed by atoms with van der Waals surface area (Å²) < 4.78 is 2.37. The molecule has 6 nitrogen and oxygen atoms in total. The van der Waals surface area contributed by atoms with Crippen molar-refractivity contribution in [2.24, 2.45) is 0 Å². The fourth-order valence-corrected chi connectivity index (χ4v) is 4.41. The van der Waals surface area contributed by atoms with Crippen LogP contribution in [0, 0.1) is 0 Å². The first-order chi connectivity index (χ1) is 13.4. The predicted molar refractivity (Wildman–Crippen MR) is 105 cm³/mol. The third kappa shape index (κ3) is 3.35. The molecule has 6 heteroatoms. The lowest BCUT2D eigenvalue weighted by atomic mass is 10.0. The Morgan fingerprint density at radius 1 is 1.04 bits per heavy atom. The van der Waals surface area contributed by atoms with Crippen molar-refractivity contribution < 1.29 is 0 Å². The van der Waals surface area contributed by atoms with Gasteiger partial charge in [0.25, 0.3) is 0 Å². The van der Waals surface area contributed by atoms with Gasteiger partial charge in [0.05, 0.1) is 11.6 Å². The van der Waals surface area contributed by atoms with Crippen molar-refractivity contribution in [1.82, 2.24) is 30.0 Å². The monoisotopic (exact) mass is 362 g/mol. The SMILES string of the molecule is c1ccc2c(CN3CCc4nnc(C5CCCCN5)n4CC3)ccnc2c1. The lowest BCUT2D eigenvalue weighted by Gasteiger charge is -2.24. The lowest BCUT2D eigenvalue weighted by molar-refractivity contribution is 0.269. The Bertz CT molecular complexity index is 922. The molecule has 140 valence electrons. The molecular weight excluding hydrogens is 336 g/mol. The van der Waals surface area contributed by atoms with Gasteiger partial charge in [-0.25, -0.2) is 0 Å². The van der Waals surface area contributed by atoms with Crippen LogP contribution in [0.5, 0.6) is 0 Å². The second-order valence-electron chi connectivity index (χ2n) is 7.64. The molecule has 1 fully saturated rings. The quantitative estimate of drug-likeness (QED) is 0.776. The number of fused-ring (bicyclic) bond motifs is 2. The molecule has 5 rings (SSSR count). The van der Waals surface area contributed by atoms with E-state index in [1.54, 1.807) is 0 Å². The Balaban J connectivity index is 1.33. The van der Waals surface area contributed by atoms with E-state index in [0.29, 0.717) is 6.04 Å². The lowest BCUT2D eigenvalue weighted by Crippen LogP contribution is -2.30. The molecule has 0 bridgehead atoms. The molecule has 0 spiro atoms. The maximum Gasteiger partial charge on any atom is 0.150 e. The number of rotatable bonds is 3. The summed E-state index contributed by atoms with van der Waals surface area (Å²) in [7, 11) is 0. The summed E-state index contributed by atoms with van der Waals surface area (Å²) in [6, 6.07) is 10.9. The Morgan fingerprint density at radius 3 is 2.93 bits per heavy atom. The van der Waals surface area contributed by atoms with Crippen LogP contribution >= 0.6 is 0 Å². The normalized spacial score (nSPS) is 21.1. The molecule has 0 amide bonds. The first-order valence-electron chi connectivity index (χ1n) is 10.1. The molecule has 27 heavy (non-hydrogen) atoms. The van der Waals surface area contributed by atoms with Gasteiger partial charge >= 0.3 is 0 Å². The van der Waals surface area contributed by atoms with Crippen LogP contribution in [0.25, 0.3) is 10.9 Å². The van der Waals surface area contributed by atoms with Crippen LogP contribution in [-0.2, 0) is 19.5 Å². The van der Waals surface area contributed by atoms with Crippen molar-refractivity contribution in [2.45, 2.75) is 44.8 Å². The number of benzene rings is 1. The molecule has 1 N–H and O–H groups in total. The third-order valence-corrected chi connectivity index (χ3v) is 5.90. The van der Waals surface area contributed by atoms with E-state index in [0.717, 1.165) is 56.3 Å². The summed E-state index contributed by atoms with van der Waals surface area (Å²) in [6.07, 6.45) is 6.61. The molecule has 0 saturated carbocycles. The molecule has 0 aliphatic carbocycles. The van der Waals surface area contributed by atoms with Crippen LogP contribution in [0.1, 0.15) is 42.5 Å². The number of aromatic nitrogens is 4. The number of nitrogens with zero attached hydrogens (tertiary/aromatic N) is 5. The summed E-state index contributed by atoms with van der Waals surface area (Å²) >= 11 is 0. The highest BCUT2D eigenvalue weighted by molar-refractivity contribution is 5.81. The minimum Gasteiger partial charge on any atom is -0.312 e. The summed E-state index contributed by atoms with van der Waals surface area (Å²) in [5, 5.41) is 13.9. The molecule has 1 aromatic carbocycles. The van der Waals surface area contributed by atoms with Crippen LogP contribution in [0.3, 0.4) is 0 Å². The molecule has 4 heterocycles. The standard InChI is InChI=1S/C21H26N6/c1-2-6-18-17(5-1)16(8-11-23-18)15-26-12-9-20-24-25-21(27(20)14-13-26)19-7-3-4-10-22-19/h1-2,5-6,8,11,19,22H,3-4,7,9-10,12-15H2. The summed E-state index contributed by atoms with van der Waals surface area (Å²) in [4.78, 5) is 7.03. The highest BCUT2D eigenvalue weighted by atomic mass is 15.3. The van der Waals surface area contributed by atoms with Crippen molar-refractivity contribution in [3.8, 4) is 0 Å². The number of pyridine rings is 1. The Hall–Kier alpha value is -2.31. The van der Waals surface area contributed by atoms with E-state index in [-0.39, 0.29) is 0 Å². The van der Waals surface area contributed by atoms with E-state index < -0.39 is 0 Å². The minimum absolute atomic E-state index is 0.371. The van der Waals surface area contributed by atoms with Crippen molar-refractivity contribution in [1.29, 1.82) is 0 Å². The first kappa shape index (κ1) is 16.8. The van der Waals surface area contributed by atoms with E-state index in [9.17, 15) is 0 Å². The van der Waals surface area contributed by atoms with Gasteiger partial charge in [0, 0.05) is 44.2 Å². The average molecular weight is 362 g/mol. The molecule has 1 saturated heterocycles. The first-order valence-corrected chi connectivity index (χ1v) is 10.1. The van der Waals surface area contributed by atoms with Gasteiger partial charge in [0.1, 0.15) is 11.6 Å². The fourth-order valence-electron chi connectivity index (χ4n) is 4.41. The second-order valence-corrected chi connectivity index (χ2v) is 7.64. The van der Waals surface area contributed by atoms with Gasteiger partial charge in [-0.1, -0.05) is 24.6 Å². The Kier molecular flexibility index (Phi) is 4.59. The van der Waals surface area contributed by atoms with Gasteiger partial charge in [-0.3, -0.25) is 9.88 Å². The zero-order valence-corrected chi connectivity index (χ0v) is 15.6. The van der Waals surface area contributed by atoms with E-state index in [1.807, 2.05) is 6.20 Å². The molecule has 1 atom stereocenters. The zero-order valence-electron chi connectivity index (χ0n) is 15.6. The third-order valence-electron chi connectivity index (χ3n) is 5.90. The van der Waals surface area contributed by atoms with Crippen molar-refractivity contribution in [3.05, 3.63) is 53.7 Å². The van der Waals surface area contributed by atoms with E-state index in [1.165, 1.54) is 30.2 Å². The average Bonchev–Trinajstić information content (AvgIpc) is 3.03. The van der Waals surface area contributed by atoms with Crippen LogP contribution in [0.2, 0.25) is 0 Å². The number of para-hydroxylation sites is 1. The second kappa shape index (κ2) is 7.37. The summed E-state index contributed by atoms with van der Waals surface area (Å²) in [6.45, 7) is 5.07. The molecule has 2 aliphatic heterocycles. The minimum atomic E-state index is 0.371. The summed E-state index contributed by atoms with van der Waals surface area (Å²) in [5.41, 5.74) is 2.43. The van der Waals surface area contributed by atoms with Crippen LogP contribution in [-0.4, -0.2) is 44.3 Å². The molecule has 3 aromatic rings. The van der Waals surface area contributed by atoms with Crippen LogP contribution in [0.4, 0.5) is 0 Å². The van der Waals surface area contributed by atoms with Crippen LogP contribution < -0.4 is 5.32 Å². The molecule has 2 aliphatic rings. The van der Waals surface area contributed by atoms with Gasteiger partial charge in [-0.15, -0.1) is 10.2 Å². The van der Waals surface area contributed by atoms with Gasteiger partial charge in [0.15, 0.2) is 0 Å². The Labute approximate surface area is 159 Å². The maximum atomic E-state index is 4.54. The predicted octanol–water partition coefficient (Wildman–Crippen LogP) is 2.70. The van der Waals surface area contributed by atoms with Crippen molar-refractivity contribution >= 4 is 10.9 Å². The number of nitrogens with one attached hydrogen (secondary N) is 1. The molecule has 1 unspecified atom stereocenters. The van der Waals surface area contributed by atoms with Crippen molar-refractivity contribution in [2.75, 3.05) is 19.6 Å². The molecular formula is C21H26N6.